The predicted octanol–water partition coefficient (Wildman–Crippen LogP) is 4.38. The zero-order valence-corrected chi connectivity index (χ0v) is 13.8. The summed E-state index contributed by atoms with van der Waals surface area (Å²) in [6.45, 7) is 3.59. The zero-order valence-electron chi connectivity index (χ0n) is 13.8. The molecule has 1 amide bonds. The minimum absolute atomic E-state index is 0.0290. The Bertz CT molecular complexity index is 908. The Balaban J connectivity index is 1.75. The van der Waals surface area contributed by atoms with Gasteiger partial charge in [0.15, 0.2) is 5.78 Å². The van der Waals surface area contributed by atoms with E-state index in [1.165, 1.54) is 12.5 Å². The number of nitrogens with one attached hydrogen (secondary N) is 1. The molecule has 1 aromatic heterocycles. The van der Waals surface area contributed by atoms with Crippen LogP contribution in [0.1, 0.15) is 35.3 Å². The SMILES string of the molecule is CCc1ccc2c(CC(=O)Nc3cccc(C(C)=O)c3)coc2c1. The van der Waals surface area contributed by atoms with Gasteiger partial charge in [-0.1, -0.05) is 31.2 Å². The van der Waals surface area contributed by atoms with E-state index in [1.807, 2.05) is 12.1 Å². The van der Waals surface area contributed by atoms with Crippen LogP contribution >= 0.6 is 0 Å². The molecule has 122 valence electrons. The summed E-state index contributed by atoms with van der Waals surface area (Å²) in [7, 11) is 0. The number of carbonyl (C=O) groups excluding carboxylic acids is 2. The third-order valence-corrected chi connectivity index (χ3v) is 4.03. The van der Waals surface area contributed by atoms with Crippen molar-refractivity contribution in [3.63, 3.8) is 0 Å². The first kappa shape index (κ1) is 16.0. The first-order chi connectivity index (χ1) is 11.6. The van der Waals surface area contributed by atoms with Crippen molar-refractivity contribution in [2.45, 2.75) is 26.7 Å². The van der Waals surface area contributed by atoms with Crippen LogP contribution < -0.4 is 5.32 Å². The van der Waals surface area contributed by atoms with Gasteiger partial charge in [-0.05, 0) is 37.1 Å². The number of hydrogen-bond donors (Lipinski definition) is 1. The molecule has 0 saturated carbocycles. The lowest BCUT2D eigenvalue weighted by Gasteiger charge is -2.06. The van der Waals surface area contributed by atoms with Gasteiger partial charge < -0.3 is 9.73 Å². The van der Waals surface area contributed by atoms with Gasteiger partial charge in [0.1, 0.15) is 5.58 Å². The molecule has 4 heteroatoms. The number of carbonyl (C=O) groups is 2. The van der Waals surface area contributed by atoms with Gasteiger partial charge in [-0.25, -0.2) is 0 Å². The third-order valence-electron chi connectivity index (χ3n) is 4.03. The molecule has 4 nitrogen and oxygen atoms in total. The van der Waals surface area contributed by atoms with Crippen molar-refractivity contribution in [2.75, 3.05) is 5.32 Å². The average molecular weight is 321 g/mol. The fraction of sp³-hybridized carbons (Fsp3) is 0.200. The summed E-state index contributed by atoms with van der Waals surface area (Å²) < 4.78 is 5.57. The fourth-order valence-corrected chi connectivity index (χ4v) is 2.68. The summed E-state index contributed by atoms with van der Waals surface area (Å²) >= 11 is 0. The lowest BCUT2D eigenvalue weighted by molar-refractivity contribution is -0.115. The molecule has 0 bridgehead atoms. The highest BCUT2D eigenvalue weighted by molar-refractivity contribution is 5.98. The predicted molar refractivity (Wildman–Crippen MR) is 94.4 cm³/mol. The van der Waals surface area contributed by atoms with Crippen LogP contribution in [0.3, 0.4) is 0 Å². The van der Waals surface area contributed by atoms with Gasteiger partial charge >= 0.3 is 0 Å². The molecule has 3 rings (SSSR count). The van der Waals surface area contributed by atoms with Gasteiger partial charge in [0, 0.05) is 22.2 Å². The quantitative estimate of drug-likeness (QED) is 0.709. The summed E-state index contributed by atoms with van der Waals surface area (Å²) in [6, 6.07) is 13.0. The summed E-state index contributed by atoms with van der Waals surface area (Å²) in [5, 5.41) is 3.79. The summed E-state index contributed by atoms with van der Waals surface area (Å²) in [4.78, 5) is 23.7. The van der Waals surface area contributed by atoms with E-state index in [2.05, 4.69) is 18.3 Å². The fourth-order valence-electron chi connectivity index (χ4n) is 2.68. The number of Topliss-reactive ketones (excluding diaryl/α,β-unsaturated/α-hetero) is 1. The number of aryl methyl sites for hydroxylation is 1. The molecule has 0 spiro atoms. The average Bonchev–Trinajstić information content (AvgIpc) is 2.97. The second kappa shape index (κ2) is 6.71. The van der Waals surface area contributed by atoms with Crippen molar-refractivity contribution in [2.24, 2.45) is 0 Å². The van der Waals surface area contributed by atoms with Crippen molar-refractivity contribution in [3.8, 4) is 0 Å². The Morgan fingerprint density at radius 1 is 1.12 bits per heavy atom. The summed E-state index contributed by atoms with van der Waals surface area (Å²) in [5.41, 5.74) is 4.06. The molecule has 0 aliphatic heterocycles. The first-order valence-corrected chi connectivity index (χ1v) is 7.96. The number of hydrogen-bond acceptors (Lipinski definition) is 3. The minimum Gasteiger partial charge on any atom is -0.464 e. The van der Waals surface area contributed by atoms with Crippen LogP contribution in [-0.2, 0) is 17.6 Å². The molecule has 0 fully saturated rings. The molecular weight excluding hydrogens is 302 g/mol. The minimum atomic E-state index is -0.141. The number of amides is 1. The zero-order chi connectivity index (χ0) is 17.1. The lowest BCUT2D eigenvalue weighted by Crippen LogP contribution is -2.14. The molecule has 24 heavy (non-hydrogen) atoms. The van der Waals surface area contributed by atoms with Crippen LogP contribution in [-0.4, -0.2) is 11.7 Å². The maximum atomic E-state index is 12.3. The van der Waals surface area contributed by atoms with E-state index < -0.39 is 0 Å². The highest BCUT2D eigenvalue weighted by atomic mass is 16.3. The second-order valence-corrected chi connectivity index (χ2v) is 5.81. The van der Waals surface area contributed by atoms with Crippen LogP contribution in [0.4, 0.5) is 5.69 Å². The second-order valence-electron chi connectivity index (χ2n) is 5.81. The van der Waals surface area contributed by atoms with Crippen LogP contribution in [0, 0.1) is 0 Å². The Labute approximate surface area is 140 Å². The number of fused-ring (bicyclic) bond motifs is 1. The third kappa shape index (κ3) is 3.38. The summed E-state index contributed by atoms with van der Waals surface area (Å²) in [6.07, 6.45) is 2.80. The van der Waals surface area contributed by atoms with Crippen molar-refractivity contribution < 1.29 is 14.0 Å². The topological polar surface area (TPSA) is 59.3 Å². The normalized spacial score (nSPS) is 10.8. The molecule has 0 unspecified atom stereocenters. The van der Waals surface area contributed by atoms with Gasteiger partial charge in [0.25, 0.3) is 0 Å². The number of anilines is 1. The van der Waals surface area contributed by atoms with E-state index in [0.29, 0.717) is 11.3 Å². The van der Waals surface area contributed by atoms with Gasteiger partial charge in [-0.15, -0.1) is 0 Å². The molecule has 0 saturated heterocycles. The Morgan fingerprint density at radius 2 is 1.96 bits per heavy atom. The molecule has 0 aliphatic rings. The Kier molecular flexibility index (Phi) is 4.47. The van der Waals surface area contributed by atoms with Crippen molar-refractivity contribution >= 4 is 28.3 Å². The monoisotopic (exact) mass is 321 g/mol. The van der Waals surface area contributed by atoms with Crippen LogP contribution in [0.5, 0.6) is 0 Å². The standard InChI is InChI=1S/C20H19NO3/c1-3-14-7-8-18-16(12-24-19(18)9-14)11-20(23)21-17-6-4-5-15(10-17)13(2)22/h4-10,12H,3,11H2,1-2H3,(H,21,23). The summed E-state index contributed by atoms with van der Waals surface area (Å²) in [5.74, 6) is -0.170. The van der Waals surface area contributed by atoms with E-state index in [0.717, 1.165) is 23.0 Å². The van der Waals surface area contributed by atoms with Crippen molar-refractivity contribution in [1.29, 1.82) is 0 Å². The largest absolute Gasteiger partial charge is 0.464 e. The highest BCUT2D eigenvalue weighted by Gasteiger charge is 2.11. The van der Waals surface area contributed by atoms with E-state index in [1.54, 1.807) is 30.5 Å². The Hall–Kier alpha value is -2.88. The number of ketones is 1. The van der Waals surface area contributed by atoms with Gasteiger partial charge in [-0.3, -0.25) is 9.59 Å². The van der Waals surface area contributed by atoms with Crippen LogP contribution in [0.25, 0.3) is 11.0 Å². The molecule has 0 radical (unpaired) electrons. The van der Waals surface area contributed by atoms with E-state index in [9.17, 15) is 9.59 Å². The van der Waals surface area contributed by atoms with Crippen molar-refractivity contribution in [3.05, 3.63) is 65.4 Å². The molecule has 3 aromatic rings. The smallest absolute Gasteiger partial charge is 0.228 e. The molecule has 1 N–H and O–H groups in total. The highest BCUT2D eigenvalue weighted by Crippen LogP contribution is 2.23. The molecule has 1 heterocycles. The number of benzene rings is 2. The van der Waals surface area contributed by atoms with Gasteiger partial charge in [0.2, 0.25) is 5.91 Å². The van der Waals surface area contributed by atoms with E-state index in [-0.39, 0.29) is 18.1 Å². The number of furan rings is 1. The van der Waals surface area contributed by atoms with Crippen molar-refractivity contribution in [1.82, 2.24) is 0 Å². The molecule has 0 atom stereocenters. The lowest BCUT2D eigenvalue weighted by atomic mass is 10.1. The van der Waals surface area contributed by atoms with Crippen LogP contribution in [0.15, 0.2) is 53.1 Å². The number of rotatable bonds is 5. The molecule has 2 aromatic carbocycles. The first-order valence-electron chi connectivity index (χ1n) is 7.96. The Morgan fingerprint density at radius 3 is 2.71 bits per heavy atom. The van der Waals surface area contributed by atoms with Gasteiger partial charge in [0.05, 0.1) is 12.7 Å². The maximum Gasteiger partial charge on any atom is 0.228 e. The van der Waals surface area contributed by atoms with Gasteiger partial charge in [-0.2, -0.15) is 0 Å². The maximum absolute atomic E-state index is 12.3. The van der Waals surface area contributed by atoms with E-state index in [4.69, 9.17) is 4.42 Å². The van der Waals surface area contributed by atoms with E-state index >= 15 is 0 Å². The van der Waals surface area contributed by atoms with Crippen LogP contribution in [0.2, 0.25) is 0 Å². The molecular formula is C20H19NO3. The molecule has 0 aliphatic carbocycles.